The molecule has 2 heterocycles. The minimum atomic E-state index is -0.0707. The fourth-order valence-electron chi connectivity index (χ4n) is 2.98. The Balaban J connectivity index is 1.82. The van der Waals surface area contributed by atoms with Crippen molar-refractivity contribution in [3.63, 3.8) is 0 Å². The summed E-state index contributed by atoms with van der Waals surface area (Å²) in [4.78, 5) is 12.4. The molecular weight excluding hydrogens is 302 g/mol. The van der Waals surface area contributed by atoms with E-state index in [9.17, 15) is 4.79 Å². The predicted octanol–water partition coefficient (Wildman–Crippen LogP) is 4.32. The molecule has 0 atom stereocenters. The number of carbonyl (C=O) groups is 1. The number of anilines is 1. The quantitative estimate of drug-likeness (QED) is 0.777. The van der Waals surface area contributed by atoms with Crippen LogP contribution in [-0.4, -0.2) is 15.7 Å². The maximum absolute atomic E-state index is 12.4. The molecule has 0 aliphatic heterocycles. The first kappa shape index (κ1) is 16.3. The lowest BCUT2D eigenvalue weighted by Crippen LogP contribution is -2.14. The van der Waals surface area contributed by atoms with Gasteiger partial charge in [0.1, 0.15) is 5.58 Å². The smallest absolute Gasteiger partial charge is 0.229 e. The molecule has 2 aromatic heterocycles. The van der Waals surface area contributed by atoms with Crippen molar-refractivity contribution in [1.82, 2.24) is 9.78 Å². The minimum Gasteiger partial charge on any atom is -0.464 e. The van der Waals surface area contributed by atoms with Crippen LogP contribution in [0.1, 0.15) is 42.1 Å². The van der Waals surface area contributed by atoms with Gasteiger partial charge in [-0.05, 0) is 51.3 Å². The molecule has 0 spiro atoms. The molecule has 1 N–H and O–H groups in total. The van der Waals surface area contributed by atoms with Gasteiger partial charge in [0.25, 0.3) is 0 Å². The van der Waals surface area contributed by atoms with E-state index < -0.39 is 0 Å². The number of carbonyl (C=O) groups excluding carboxylic acids is 1. The minimum absolute atomic E-state index is 0.0707. The third kappa shape index (κ3) is 2.94. The molecule has 24 heavy (non-hydrogen) atoms. The van der Waals surface area contributed by atoms with Crippen LogP contribution in [0.15, 0.2) is 29.1 Å². The Bertz CT molecular complexity index is 903. The summed E-state index contributed by atoms with van der Waals surface area (Å²) in [7, 11) is 0. The predicted molar refractivity (Wildman–Crippen MR) is 95.4 cm³/mol. The molecule has 3 rings (SSSR count). The van der Waals surface area contributed by atoms with Gasteiger partial charge in [0.05, 0.1) is 24.6 Å². The average Bonchev–Trinajstić information content (AvgIpc) is 3.12. The summed E-state index contributed by atoms with van der Waals surface area (Å²) in [5, 5.41) is 8.18. The monoisotopic (exact) mass is 325 g/mol. The van der Waals surface area contributed by atoms with Crippen LogP contribution in [-0.2, 0) is 11.2 Å². The van der Waals surface area contributed by atoms with Crippen molar-refractivity contribution in [2.24, 2.45) is 0 Å². The number of hydrogen-bond acceptors (Lipinski definition) is 3. The van der Waals surface area contributed by atoms with E-state index in [1.54, 1.807) is 12.5 Å². The highest BCUT2D eigenvalue weighted by Crippen LogP contribution is 2.30. The van der Waals surface area contributed by atoms with Crippen LogP contribution in [0.25, 0.3) is 11.0 Å². The highest BCUT2D eigenvalue weighted by Gasteiger charge is 2.16. The maximum atomic E-state index is 12.4. The molecule has 0 unspecified atom stereocenters. The Labute approximate surface area is 141 Å². The highest BCUT2D eigenvalue weighted by molar-refractivity contribution is 5.96. The second-order valence-electron chi connectivity index (χ2n) is 6.63. The normalized spacial score (nSPS) is 11.4. The standard InChI is InChI=1S/C19H23N3O2/c1-11(2)22-9-16(8-20-22)21-17(23)7-15-10-24-19-14(5)12(3)6-13(4)18(15)19/h6,8-11H,7H2,1-5H3,(H,21,23). The van der Waals surface area contributed by atoms with E-state index in [0.29, 0.717) is 5.69 Å². The van der Waals surface area contributed by atoms with Gasteiger partial charge in [-0.3, -0.25) is 9.48 Å². The first-order valence-electron chi connectivity index (χ1n) is 8.17. The summed E-state index contributed by atoms with van der Waals surface area (Å²) in [5.74, 6) is -0.0707. The molecule has 0 aliphatic rings. The Morgan fingerprint density at radius 3 is 2.71 bits per heavy atom. The number of fused-ring (bicyclic) bond motifs is 1. The van der Waals surface area contributed by atoms with Crippen LogP contribution in [0.2, 0.25) is 0 Å². The van der Waals surface area contributed by atoms with Crippen molar-refractivity contribution in [2.75, 3.05) is 5.32 Å². The Morgan fingerprint density at radius 2 is 2.04 bits per heavy atom. The SMILES string of the molecule is Cc1cc(C)c2c(CC(=O)Nc3cnn(C(C)C)c3)coc2c1C. The fourth-order valence-corrected chi connectivity index (χ4v) is 2.98. The van der Waals surface area contributed by atoms with Crippen LogP contribution in [0.3, 0.4) is 0 Å². The van der Waals surface area contributed by atoms with E-state index in [1.165, 1.54) is 5.56 Å². The summed E-state index contributed by atoms with van der Waals surface area (Å²) in [6.07, 6.45) is 5.49. The second kappa shape index (κ2) is 6.15. The molecule has 1 aromatic carbocycles. The third-order valence-corrected chi connectivity index (χ3v) is 4.39. The number of rotatable bonds is 4. The summed E-state index contributed by atoms with van der Waals surface area (Å²) in [6.45, 7) is 10.3. The zero-order valence-electron chi connectivity index (χ0n) is 14.8. The lowest BCUT2D eigenvalue weighted by molar-refractivity contribution is -0.115. The van der Waals surface area contributed by atoms with Crippen LogP contribution in [0.4, 0.5) is 5.69 Å². The molecule has 0 radical (unpaired) electrons. The van der Waals surface area contributed by atoms with Gasteiger partial charge in [0.2, 0.25) is 5.91 Å². The molecular formula is C19H23N3O2. The molecule has 1 amide bonds. The van der Waals surface area contributed by atoms with Gasteiger partial charge in [0, 0.05) is 23.2 Å². The van der Waals surface area contributed by atoms with Gasteiger partial charge in [-0.2, -0.15) is 5.10 Å². The van der Waals surface area contributed by atoms with Crippen molar-refractivity contribution in [3.05, 3.63) is 47.0 Å². The number of aromatic nitrogens is 2. The number of furan rings is 1. The first-order valence-corrected chi connectivity index (χ1v) is 8.17. The molecule has 0 bridgehead atoms. The van der Waals surface area contributed by atoms with Gasteiger partial charge < -0.3 is 9.73 Å². The number of amides is 1. The van der Waals surface area contributed by atoms with E-state index in [-0.39, 0.29) is 18.4 Å². The van der Waals surface area contributed by atoms with Crippen LogP contribution in [0, 0.1) is 20.8 Å². The summed E-state index contributed by atoms with van der Waals surface area (Å²) < 4.78 is 7.55. The molecule has 126 valence electrons. The maximum Gasteiger partial charge on any atom is 0.229 e. The van der Waals surface area contributed by atoms with E-state index in [4.69, 9.17) is 4.42 Å². The molecule has 0 aliphatic carbocycles. The number of nitrogens with zero attached hydrogens (tertiary/aromatic N) is 2. The van der Waals surface area contributed by atoms with E-state index in [1.807, 2.05) is 31.6 Å². The number of benzene rings is 1. The fraction of sp³-hybridized carbons (Fsp3) is 0.368. The van der Waals surface area contributed by atoms with Gasteiger partial charge >= 0.3 is 0 Å². The molecule has 0 saturated heterocycles. The zero-order valence-corrected chi connectivity index (χ0v) is 14.8. The summed E-state index contributed by atoms with van der Waals surface area (Å²) >= 11 is 0. The second-order valence-corrected chi connectivity index (χ2v) is 6.63. The molecule has 0 saturated carbocycles. The lowest BCUT2D eigenvalue weighted by atomic mass is 9.99. The average molecular weight is 325 g/mol. The van der Waals surface area contributed by atoms with Crippen molar-refractivity contribution in [2.45, 2.75) is 47.1 Å². The number of nitrogens with one attached hydrogen (secondary N) is 1. The zero-order chi connectivity index (χ0) is 17.4. The molecule has 3 aromatic rings. The van der Waals surface area contributed by atoms with Gasteiger partial charge in [-0.25, -0.2) is 0 Å². The largest absolute Gasteiger partial charge is 0.464 e. The number of aryl methyl sites for hydroxylation is 3. The summed E-state index contributed by atoms with van der Waals surface area (Å²) in [5.41, 5.74) is 5.97. The molecule has 5 heteroatoms. The van der Waals surface area contributed by atoms with E-state index in [2.05, 4.69) is 30.3 Å². The van der Waals surface area contributed by atoms with Gasteiger partial charge in [0.15, 0.2) is 0 Å². The molecule has 0 fully saturated rings. The Morgan fingerprint density at radius 1 is 1.29 bits per heavy atom. The number of hydrogen-bond donors (Lipinski definition) is 1. The Hall–Kier alpha value is -2.56. The highest BCUT2D eigenvalue weighted by atomic mass is 16.3. The third-order valence-electron chi connectivity index (χ3n) is 4.39. The van der Waals surface area contributed by atoms with Crippen molar-refractivity contribution < 1.29 is 9.21 Å². The van der Waals surface area contributed by atoms with Crippen molar-refractivity contribution >= 4 is 22.6 Å². The van der Waals surface area contributed by atoms with E-state index >= 15 is 0 Å². The van der Waals surface area contributed by atoms with Crippen LogP contribution in [0.5, 0.6) is 0 Å². The van der Waals surface area contributed by atoms with Gasteiger partial charge in [-0.1, -0.05) is 6.07 Å². The van der Waals surface area contributed by atoms with E-state index in [0.717, 1.165) is 27.7 Å². The molecule has 5 nitrogen and oxygen atoms in total. The van der Waals surface area contributed by atoms with Crippen LogP contribution >= 0.6 is 0 Å². The lowest BCUT2D eigenvalue weighted by Gasteiger charge is -2.06. The summed E-state index contributed by atoms with van der Waals surface area (Å²) in [6, 6.07) is 2.41. The van der Waals surface area contributed by atoms with Gasteiger partial charge in [-0.15, -0.1) is 0 Å². The van der Waals surface area contributed by atoms with Crippen molar-refractivity contribution in [3.8, 4) is 0 Å². The van der Waals surface area contributed by atoms with Crippen molar-refractivity contribution in [1.29, 1.82) is 0 Å². The van der Waals surface area contributed by atoms with Crippen LogP contribution < -0.4 is 5.32 Å². The topological polar surface area (TPSA) is 60.1 Å². The Kier molecular flexibility index (Phi) is 4.18. The first-order chi connectivity index (χ1) is 11.4.